The van der Waals surface area contributed by atoms with Gasteiger partial charge in [-0.15, -0.1) is 24.0 Å². The van der Waals surface area contributed by atoms with Crippen LogP contribution in [0.4, 0.5) is 5.69 Å². The Bertz CT molecular complexity index is 431. The molecule has 1 aromatic carbocycles. The lowest BCUT2D eigenvalue weighted by atomic mass is 10.1. The van der Waals surface area contributed by atoms with Crippen LogP contribution in [0.15, 0.2) is 35.3 Å². The van der Waals surface area contributed by atoms with E-state index in [1.807, 2.05) is 0 Å². The molecular weight excluding hydrogens is 375 g/mol. The molecule has 2 rings (SSSR count). The summed E-state index contributed by atoms with van der Waals surface area (Å²) in [4.78, 5) is 9.11. The number of benzene rings is 1. The largest absolute Gasteiger partial charge is 0.371 e. The van der Waals surface area contributed by atoms with Gasteiger partial charge in [-0.05, 0) is 38.3 Å². The minimum absolute atomic E-state index is 0. The fourth-order valence-electron chi connectivity index (χ4n) is 2.73. The number of halogens is 1. The average molecular weight is 402 g/mol. The molecule has 118 valence electrons. The molecule has 1 unspecified atom stereocenters. The van der Waals surface area contributed by atoms with Gasteiger partial charge in [0.05, 0.1) is 0 Å². The Morgan fingerprint density at radius 1 is 1.29 bits per heavy atom. The van der Waals surface area contributed by atoms with Crippen molar-refractivity contribution in [3.63, 3.8) is 0 Å². The molecule has 21 heavy (non-hydrogen) atoms. The molecule has 5 heteroatoms. The third-order valence-electron chi connectivity index (χ3n) is 4.01. The summed E-state index contributed by atoms with van der Waals surface area (Å²) >= 11 is 0. The normalized spacial score (nSPS) is 18.5. The highest BCUT2D eigenvalue weighted by Crippen LogP contribution is 2.23. The fourth-order valence-corrected chi connectivity index (χ4v) is 2.73. The first-order valence-electron chi connectivity index (χ1n) is 7.59. The van der Waals surface area contributed by atoms with Crippen LogP contribution in [0, 0.1) is 5.92 Å². The summed E-state index contributed by atoms with van der Waals surface area (Å²) in [6.07, 6.45) is 1.20. The molecule has 1 aromatic rings. The van der Waals surface area contributed by atoms with E-state index >= 15 is 0 Å². The predicted molar refractivity (Wildman–Crippen MR) is 102 cm³/mol. The fraction of sp³-hybridized carbons (Fsp3) is 0.562. The van der Waals surface area contributed by atoms with Crippen LogP contribution in [0.5, 0.6) is 0 Å². The zero-order valence-electron chi connectivity index (χ0n) is 13.0. The van der Waals surface area contributed by atoms with Crippen molar-refractivity contribution in [2.24, 2.45) is 16.6 Å². The molecular formula is C16H27IN4. The molecule has 0 radical (unpaired) electrons. The van der Waals surface area contributed by atoms with Gasteiger partial charge in [0.1, 0.15) is 0 Å². The smallest absolute Gasteiger partial charge is 0.191 e. The summed E-state index contributed by atoms with van der Waals surface area (Å²) in [5.41, 5.74) is 7.34. The molecule has 4 nitrogen and oxygen atoms in total. The number of para-hydroxylation sites is 1. The van der Waals surface area contributed by atoms with E-state index < -0.39 is 0 Å². The Morgan fingerprint density at radius 3 is 2.57 bits per heavy atom. The van der Waals surface area contributed by atoms with Crippen molar-refractivity contribution in [2.45, 2.75) is 20.3 Å². The molecule has 1 aliphatic rings. The molecule has 1 aliphatic heterocycles. The summed E-state index contributed by atoms with van der Waals surface area (Å²) < 4.78 is 0. The maximum atomic E-state index is 6.03. The molecule has 1 fully saturated rings. The number of aliphatic imine (C=N–C) groups is 1. The van der Waals surface area contributed by atoms with Crippen LogP contribution >= 0.6 is 24.0 Å². The summed E-state index contributed by atoms with van der Waals surface area (Å²) in [6.45, 7) is 9.11. The first-order chi connectivity index (χ1) is 9.74. The molecule has 1 heterocycles. The van der Waals surface area contributed by atoms with Crippen LogP contribution < -0.4 is 10.6 Å². The Kier molecular flexibility index (Phi) is 7.85. The Balaban J connectivity index is 0.00000220. The van der Waals surface area contributed by atoms with Gasteiger partial charge in [0.15, 0.2) is 5.96 Å². The van der Waals surface area contributed by atoms with Gasteiger partial charge in [-0.2, -0.15) is 0 Å². The number of anilines is 1. The zero-order valence-corrected chi connectivity index (χ0v) is 15.4. The van der Waals surface area contributed by atoms with Gasteiger partial charge in [0.25, 0.3) is 0 Å². The quantitative estimate of drug-likeness (QED) is 0.468. The van der Waals surface area contributed by atoms with Crippen molar-refractivity contribution >= 4 is 35.6 Å². The number of nitrogens with two attached hydrogens (primary N) is 1. The van der Waals surface area contributed by atoms with Crippen molar-refractivity contribution < 1.29 is 0 Å². The summed E-state index contributed by atoms with van der Waals surface area (Å²) in [6, 6.07) is 10.6. The first kappa shape index (κ1) is 18.1. The van der Waals surface area contributed by atoms with E-state index in [0.717, 1.165) is 32.7 Å². The van der Waals surface area contributed by atoms with Gasteiger partial charge in [-0.25, -0.2) is 0 Å². The van der Waals surface area contributed by atoms with Crippen molar-refractivity contribution in [3.8, 4) is 0 Å². The maximum Gasteiger partial charge on any atom is 0.191 e. The van der Waals surface area contributed by atoms with Crippen LogP contribution in [0.1, 0.15) is 20.3 Å². The van der Waals surface area contributed by atoms with Gasteiger partial charge in [0.2, 0.25) is 0 Å². The highest BCUT2D eigenvalue weighted by atomic mass is 127. The van der Waals surface area contributed by atoms with Crippen molar-refractivity contribution in [3.05, 3.63) is 30.3 Å². The number of guanidine groups is 1. The van der Waals surface area contributed by atoms with E-state index in [1.165, 1.54) is 12.1 Å². The first-order valence-corrected chi connectivity index (χ1v) is 7.59. The monoisotopic (exact) mass is 402 g/mol. The molecule has 0 amide bonds. The van der Waals surface area contributed by atoms with Crippen molar-refractivity contribution in [1.29, 1.82) is 0 Å². The lowest BCUT2D eigenvalue weighted by Crippen LogP contribution is -2.37. The zero-order chi connectivity index (χ0) is 14.4. The molecule has 0 aromatic heterocycles. The van der Waals surface area contributed by atoms with Crippen LogP contribution in [-0.2, 0) is 0 Å². The maximum absolute atomic E-state index is 6.03. The Labute approximate surface area is 145 Å². The molecule has 1 atom stereocenters. The van der Waals surface area contributed by atoms with Gasteiger partial charge in [-0.1, -0.05) is 18.2 Å². The van der Waals surface area contributed by atoms with Crippen molar-refractivity contribution in [2.75, 3.05) is 37.6 Å². The molecule has 1 saturated heterocycles. The van der Waals surface area contributed by atoms with Crippen LogP contribution in [-0.4, -0.2) is 43.6 Å². The summed E-state index contributed by atoms with van der Waals surface area (Å²) in [5.74, 6) is 1.30. The predicted octanol–water partition coefficient (Wildman–Crippen LogP) is 2.79. The highest BCUT2D eigenvalue weighted by molar-refractivity contribution is 14.0. The topological polar surface area (TPSA) is 44.9 Å². The second-order valence-corrected chi connectivity index (χ2v) is 5.31. The van der Waals surface area contributed by atoms with Gasteiger partial charge >= 0.3 is 0 Å². The van der Waals surface area contributed by atoms with E-state index in [0.29, 0.717) is 11.9 Å². The van der Waals surface area contributed by atoms with Crippen molar-refractivity contribution in [1.82, 2.24) is 4.90 Å². The van der Waals surface area contributed by atoms with E-state index in [9.17, 15) is 0 Å². The Morgan fingerprint density at radius 2 is 1.95 bits per heavy atom. The van der Waals surface area contributed by atoms with Crippen LogP contribution in [0.3, 0.4) is 0 Å². The van der Waals surface area contributed by atoms with Crippen LogP contribution in [0.2, 0.25) is 0 Å². The summed E-state index contributed by atoms with van der Waals surface area (Å²) in [5, 5.41) is 0. The highest BCUT2D eigenvalue weighted by Gasteiger charge is 2.22. The third-order valence-corrected chi connectivity index (χ3v) is 4.01. The number of hydrogen-bond donors (Lipinski definition) is 1. The Hall–Kier alpha value is -0.980. The van der Waals surface area contributed by atoms with E-state index in [1.54, 1.807) is 0 Å². The molecule has 0 bridgehead atoms. The second kappa shape index (κ2) is 9.12. The lowest BCUT2D eigenvalue weighted by molar-refractivity contribution is 0.455. The summed E-state index contributed by atoms with van der Waals surface area (Å²) in [7, 11) is 0. The second-order valence-electron chi connectivity index (χ2n) is 5.31. The van der Waals surface area contributed by atoms with E-state index in [2.05, 4.69) is 59.0 Å². The standard InChI is InChI=1S/C16H26N4.HI/c1-3-19(4-2)16(17)18-12-14-10-11-20(13-14)15-8-6-5-7-9-15;/h5-9,14H,3-4,10-13H2,1-2H3,(H2,17,18);1H. The van der Waals surface area contributed by atoms with E-state index in [4.69, 9.17) is 5.73 Å². The molecule has 2 N–H and O–H groups in total. The van der Waals surface area contributed by atoms with Crippen LogP contribution in [0.25, 0.3) is 0 Å². The number of rotatable bonds is 5. The number of hydrogen-bond acceptors (Lipinski definition) is 2. The van der Waals surface area contributed by atoms with Gasteiger partial charge in [-0.3, -0.25) is 4.99 Å². The minimum atomic E-state index is 0. The minimum Gasteiger partial charge on any atom is -0.371 e. The lowest BCUT2D eigenvalue weighted by Gasteiger charge is -2.20. The van der Waals surface area contributed by atoms with Gasteiger partial charge in [0, 0.05) is 38.4 Å². The van der Waals surface area contributed by atoms with Gasteiger partial charge < -0.3 is 15.5 Å². The molecule has 0 saturated carbocycles. The average Bonchev–Trinajstić information content (AvgIpc) is 2.96. The number of nitrogens with zero attached hydrogens (tertiary/aromatic N) is 3. The van der Waals surface area contributed by atoms with E-state index in [-0.39, 0.29) is 24.0 Å². The molecule has 0 spiro atoms. The SMILES string of the molecule is CCN(CC)C(N)=NCC1CCN(c2ccccc2)C1.I. The third kappa shape index (κ3) is 5.05. The molecule has 0 aliphatic carbocycles.